The van der Waals surface area contributed by atoms with Gasteiger partial charge in [-0.15, -0.1) is 0 Å². The summed E-state index contributed by atoms with van der Waals surface area (Å²) in [5.74, 6) is 0.422. The number of hydrogen-bond donors (Lipinski definition) is 1. The highest BCUT2D eigenvalue weighted by Crippen LogP contribution is 2.22. The molecule has 17 heavy (non-hydrogen) atoms. The van der Waals surface area contributed by atoms with Crippen LogP contribution in [0.4, 0.5) is 4.39 Å². The minimum atomic E-state index is -3.56. The van der Waals surface area contributed by atoms with Gasteiger partial charge in [-0.25, -0.2) is 17.5 Å². The summed E-state index contributed by atoms with van der Waals surface area (Å²) >= 11 is 4.70. The Kier molecular flexibility index (Phi) is 5.91. The number of thioether (sulfide) groups is 1. The van der Waals surface area contributed by atoms with E-state index in [0.717, 1.165) is 24.3 Å². The predicted molar refractivity (Wildman–Crippen MR) is 72.3 cm³/mol. The van der Waals surface area contributed by atoms with Crippen LogP contribution >= 0.6 is 27.7 Å². The van der Waals surface area contributed by atoms with Gasteiger partial charge in [-0.3, -0.25) is 0 Å². The molecule has 1 aromatic carbocycles. The van der Waals surface area contributed by atoms with Gasteiger partial charge in [-0.05, 0) is 52.6 Å². The average Bonchev–Trinajstić information content (AvgIpc) is 2.24. The number of nitrogens with one attached hydrogen (secondary N) is 1. The van der Waals surface area contributed by atoms with E-state index in [0.29, 0.717) is 6.54 Å². The van der Waals surface area contributed by atoms with Crippen molar-refractivity contribution in [3.05, 3.63) is 28.5 Å². The fraction of sp³-hybridized carbons (Fsp3) is 0.400. The summed E-state index contributed by atoms with van der Waals surface area (Å²) in [4.78, 5) is 0.0584. The molecular formula is C10H13BrFNO2S2. The molecule has 0 amide bonds. The second kappa shape index (κ2) is 6.72. The van der Waals surface area contributed by atoms with Crippen molar-refractivity contribution in [1.29, 1.82) is 0 Å². The summed E-state index contributed by atoms with van der Waals surface area (Å²) in [6.45, 7) is 0.382. The van der Waals surface area contributed by atoms with Crippen LogP contribution in [0.2, 0.25) is 0 Å². The molecule has 0 aliphatic rings. The van der Waals surface area contributed by atoms with Crippen molar-refractivity contribution >= 4 is 37.7 Å². The van der Waals surface area contributed by atoms with Crippen molar-refractivity contribution in [3.63, 3.8) is 0 Å². The van der Waals surface area contributed by atoms with Gasteiger partial charge in [-0.2, -0.15) is 11.8 Å². The van der Waals surface area contributed by atoms with Crippen LogP contribution < -0.4 is 4.72 Å². The SMILES string of the molecule is CSCCCNS(=O)(=O)c1ccc(F)cc1Br. The van der Waals surface area contributed by atoms with Gasteiger partial charge in [-0.1, -0.05) is 0 Å². The van der Waals surface area contributed by atoms with Gasteiger partial charge in [0.25, 0.3) is 0 Å². The number of sulfonamides is 1. The van der Waals surface area contributed by atoms with Gasteiger partial charge in [0.1, 0.15) is 5.82 Å². The second-order valence-electron chi connectivity index (χ2n) is 3.32. The highest BCUT2D eigenvalue weighted by Gasteiger charge is 2.17. The molecule has 0 spiro atoms. The lowest BCUT2D eigenvalue weighted by Crippen LogP contribution is -2.25. The van der Waals surface area contributed by atoms with Gasteiger partial charge < -0.3 is 0 Å². The molecule has 1 N–H and O–H groups in total. The molecule has 0 atom stereocenters. The third-order valence-corrected chi connectivity index (χ3v) is 5.14. The van der Waals surface area contributed by atoms with Gasteiger partial charge in [0.2, 0.25) is 10.0 Å². The van der Waals surface area contributed by atoms with Crippen LogP contribution in [0.15, 0.2) is 27.6 Å². The van der Waals surface area contributed by atoms with Gasteiger partial charge in [0, 0.05) is 11.0 Å². The summed E-state index contributed by atoms with van der Waals surface area (Å²) < 4.78 is 39.3. The van der Waals surface area contributed by atoms with E-state index in [1.54, 1.807) is 11.8 Å². The Bertz CT molecular complexity index is 479. The fourth-order valence-corrected chi connectivity index (χ4v) is 3.75. The van der Waals surface area contributed by atoms with Crippen LogP contribution in [0, 0.1) is 5.82 Å². The van der Waals surface area contributed by atoms with E-state index in [9.17, 15) is 12.8 Å². The first-order chi connectivity index (χ1) is 7.97. The van der Waals surface area contributed by atoms with Crippen LogP contribution in [-0.4, -0.2) is 27.0 Å². The first-order valence-corrected chi connectivity index (χ1v) is 8.58. The smallest absolute Gasteiger partial charge is 0.211 e. The molecule has 0 bridgehead atoms. The topological polar surface area (TPSA) is 46.2 Å². The van der Waals surface area contributed by atoms with Crippen LogP contribution in [0.1, 0.15) is 6.42 Å². The van der Waals surface area contributed by atoms with Gasteiger partial charge in [0.05, 0.1) is 4.90 Å². The molecule has 1 rings (SSSR count). The average molecular weight is 342 g/mol. The Balaban J connectivity index is 2.76. The lowest BCUT2D eigenvalue weighted by atomic mass is 10.3. The van der Waals surface area contributed by atoms with E-state index in [1.807, 2.05) is 6.26 Å². The van der Waals surface area contributed by atoms with E-state index in [2.05, 4.69) is 20.7 Å². The Hall–Kier alpha value is -0.110. The van der Waals surface area contributed by atoms with Crippen molar-refractivity contribution in [2.24, 2.45) is 0 Å². The van der Waals surface area contributed by atoms with E-state index < -0.39 is 15.8 Å². The summed E-state index contributed by atoms with van der Waals surface area (Å²) in [6, 6.07) is 3.51. The number of hydrogen-bond acceptors (Lipinski definition) is 3. The van der Waals surface area contributed by atoms with Gasteiger partial charge >= 0.3 is 0 Å². The Labute approximate surface area is 113 Å². The molecule has 0 fully saturated rings. The lowest BCUT2D eigenvalue weighted by Gasteiger charge is -2.08. The minimum absolute atomic E-state index is 0.0584. The van der Waals surface area contributed by atoms with Crippen LogP contribution in [0.5, 0.6) is 0 Å². The minimum Gasteiger partial charge on any atom is -0.211 e. The first-order valence-electron chi connectivity index (χ1n) is 4.91. The molecule has 7 heteroatoms. The third-order valence-electron chi connectivity index (χ3n) is 2.00. The maximum absolute atomic E-state index is 12.8. The summed E-state index contributed by atoms with van der Waals surface area (Å²) in [7, 11) is -3.56. The van der Waals surface area contributed by atoms with Crippen molar-refractivity contribution in [2.45, 2.75) is 11.3 Å². The number of halogens is 2. The lowest BCUT2D eigenvalue weighted by molar-refractivity contribution is 0.579. The van der Waals surface area contributed by atoms with Crippen LogP contribution in [0.25, 0.3) is 0 Å². The Morgan fingerprint density at radius 2 is 2.18 bits per heavy atom. The van der Waals surface area contributed by atoms with Gasteiger partial charge in [0.15, 0.2) is 0 Å². The molecule has 0 aliphatic carbocycles. The summed E-state index contributed by atoms with van der Waals surface area (Å²) in [5.41, 5.74) is 0. The zero-order valence-corrected chi connectivity index (χ0v) is 12.5. The molecule has 0 aromatic heterocycles. The largest absolute Gasteiger partial charge is 0.241 e. The number of benzene rings is 1. The van der Waals surface area contributed by atoms with E-state index >= 15 is 0 Å². The Morgan fingerprint density at radius 3 is 2.76 bits per heavy atom. The second-order valence-corrected chi connectivity index (χ2v) is 6.89. The van der Waals surface area contributed by atoms with E-state index in [1.165, 1.54) is 6.07 Å². The summed E-state index contributed by atoms with van der Waals surface area (Å²) in [5, 5.41) is 0. The van der Waals surface area contributed by atoms with Crippen molar-refractivity contribution in [3.8, 4) is 0 Å². The summed E-state index contributed by atoms with van der Waals surface area (Å²) in [6.07, 6.45) is 2.73. The van der Waals surface area contributed by atoms with Crippen LogP contribution in [0.3, 0.4) is 0 Å². The highest BCUT2D eigenvalue weighted by atomic mass is 79.9. The maximum Gasteiger partial charge on any atom is 0.241 e. The standard InChI is InChI=1S/C10H13BrFNO2S2/c1-16-6-2-5-13-17(14,15)10-4-3-8(12)7-9(10)11/h3-4,7,13H,2,5-6H2,1H3. The number of rotatable bonds is 6. The molecule has 0 heterocycles. The first kappa shape index (κ1) is 14.9. The molecule has 0 saturated carbocycles. The predicted octanol–water partition coefficient (Wildman–Crippen LogP) is 2.62. The van der Waals surface area contributed by atoms with Crippen LogP contribution in [-0.2, 0) is 10.0 Å². The molecule has 3 nitrogen and oxygen atoms in total. The van der Waals surface area contributed by atoms with E-state index in [4.69, 9.17) is 0 Å². The molecule has 0 unspecified atom stereocenters. The molecule has 1 aromatic rings. The quantitative estimate of drug-likeness (QED) is 0.809. The third kappa shape index (κ3) is 4.57. The molecule has 0 saturated heterocycles. The van der Waals surface area contributed by atoms with Crippen molar-refractivity contribution < 1.29 is 12.8 Å². The maximum atomic E-state index is 12.8. The fourth-order valence-electron chi connectivity index (χ4n) is 1.19. The van der Waals surface area contributed by atoms with Crippen molar-refractivity contribution in [1.82, 2.24) is 4.72 Å². The molecule has 0 aliphatic heterocycles. The van der Waals surface area contributed by atoms with E-state index in [-0.39, 0.29) is 9.37 Å². The zero-order valence-electron chi connectivity index (χ0n) is 9.24. The zero-order chi connectivity index (χ0) is 12.9. The molecule has 96 valence electrons. The normalized spacial score (nSPS) is 11.7. The Morgan fingerprint density at radius 1 is 1.47 bits per heavy atom. The monoisotopic (exact) mass is 341 g/mol. The molecular weight excluding hydrogens is 329 g/mol. The van der Waals surface area contributed by atoms with Crippen molar-refractivity contribution in [2.75, 3.05) is 18.6 Å². The highest BCUT2D eigenvalue weighted by molar-refractivity contribution is 9.10. The molecule has 0 radical (unpaired) electrons.